The molecular weight excluding hydrogens is 272 g/mol. The third-order valence-electron chi connectivity index (χ3n) is 4.46. The SMILES string of the molecule is CC1CCN(C(=O)c2cccc(N)c2-c2ccccc2)CC1. The van der Waals surface area contributed by atoms with E-state index >= 15 is 0 Å². The molecule has 0 bridgehead atoms. The van der Waals surface area contributed by atoms with Crippen molar-refractivity contribution in [2.45, 2.75) is 19.8 Å². The summed E-state index contributed by atoms with van der Waals surface area (Å²) in [6.07, 6.45) is 2.16. The second-order valence-corrected chi connectivity index (χ2v) is 6.11. The molecule has 0 spiro atoms. The average Bonchev–Trinajstić information content (AvgIpc) is 2.55. The van der Waals surface area contributed by atoms with Gasteiger partial charge in [-0.15, -0.1) is 0 Å². The van der Waals surface area contributed by atoms with Crippen molar-refractivity contribution in [3.8, 4) is 11.1 Å². The van der Waals surface area contributed by atoms with Gasteiger partial charge in [-0.3, -0.25) is 4.79 Å². The van der Waals surface area contributed by atoms with Crippen LogP contribution < -0.4 is 5.73 Å². The molecule has 2 N–H and O–H groups in total. The Bertz CT molecular complexity index is 658. The highest BCUT2D eigenvalue weighted by Crippen LogP contribution is 2.31. The number of carbonyl (C=O) groups excluding carboxylic acids is 1. The third-order valence-corrected chi connectivity index (χ3v) is 4.46. The largest absolute Gasteiger partial charge is 0.398 e. The van der Waals surface area contributed by atoms with Gasteiger partial charge < -0.3 is 10.6 Å². The van der Waals surface area contributed by atoms with E-state index in [-0.39, 0.29) is 5.91 Å². The van der Waals surface area contributed by atoms with E-state index in [9.17, 15) is 4.79 Å². The second kappa shape index (κ2) is 6.22. The number of hydrogen-bond acceptors (Lipinski definition) is 2. The number of nitrogens with two attached hydrogens (primary N) is 1. The van der Waals surface area contributed by atoms with E-state index in [0.29, 0.717) is 17.2 Å². The van der Waals surface area contributed by atoms with Gasteiger partial charge in [-0.2, -0.15) is 0 Å². The Morgan fingerprint density at radius 3 is 2.41 bits per heavy atom. The first kappa shape index (κ1) is 14.6. The minimum atomic E-state index is 0.0954. The molecule has 0 saturated carbocycles. The van der Waals surface area contributed by atoms with E-state index in [1.165, 1.54) is 0 Å². The van der Waals surface area contributed by atoms with Crippen LogP contribution in [0.3, 0.4) is 0 Å². The third kappa shape index (κ3) is 2.84. The van der Waals surface area contributed by atoms with E-state index < -0.39 is 0 Å². The van der Waals surface area contributed by atoms with Crippen LogP contribution in [0.1, 0.15) is 30.1 Å². The Morgan fingerprint density at radius 1 is 1.05 bits per heavy atom. The molecule has 1 aliphatic heterocycles. The standard InChI is InChI=1S/C19H22N2O/c1-14-10-12-21(13-11-14)19(22)16-8-5-9-17(20)18(16)15-6-3-2-4-7-15/h2-9,14H,10-13,20H2,1H3. The van der Waals surface area contributed by atoms with Crippen molar-refractivity contribution in [2.24, 2.45) is 5.92 Å². The molecule has 2 aromatic carbocycles. The monoisotopic (exact) mass is 294 g/mol. The van der Waals surface area contributed by atoms with Gasteiger partial charge in [0.1, 0.15) is 0 Å². The topological polar surface area (TPSA) is 46.3 Å². The van der Waals surface area contributed by atoms with Gasteiger partial charge in [0.25, 0.3) is 5.91 Å². The summed E-state index contributed by atoms with van der Waals surface area (Å²) in [4.78, 5) is 14.9. The highest BCUT2D eigenvalue weighted by atomic mass is 16.2. The number of nitrogen functional groups attached to an aromatic ring is 1. The second-order valence-electron chi connectivity index (χ2n) is 6.11. The Hall–Kier alpha value is -2.29. The molecule has 0 unspecified atom stereocenters. The number of carbonyl (C=O) groups is 1. The zero-order chi connectivity index (χ0) is 15.5. The lowest BCUT2D eigenvalue weighted by atomic mass is 9.95. The summed E-state index contributed by atoms with van der Waals surface area (Å²) in [6.45, 7) is 3.92. The van der Waals surface area contributed by atoms with Crippen LogP contribution in [0.5, 0.6) is 0 Å². The smallest absolute Gasteiger partial charge is 0.254 e. The van der Waals surface area contributed by atoms with Gasteiger partial charge in [0.2, 0.25) is 0 Å². The van der Waals surface area contributed by atoms with Crippen molar-refractivity contribution in [3.05, 3.63) is 54.1 Å². The van der Waals surface area contributed by atoms with Crippen LogP contribution >= 0.6 is 0 Å². The predicted octanol–water partition coefficient (Wildman–Crippen LogP) is 3.81. The molecule has 1 aliphatic rings. The summed E-state index contributed by atoms with van der Waals surface area (Å²) in [6, 6.07) is 15.5. The number of likely N-dealkylation sites (tertiary alicyclic amines) is 1. The average molecular weight is 294 g/mol. The van der Waals surface area contributed by atoms with Gasteiger partial charge >= 0.3 is 0 Å². The molecule has 2 aromatic rings. The Balaban J connectivity index is 1.97. The summed E-state index contributed by atoms with van der Waals surface area (Å²) in [5.41, 5.74) is 9.38. The molecule has 22 heavy (non-hydrogen) atoms. The van der Waals surface area contributed by atoms with Crippen molar-refractivity contribution in [1.29, 1.82) is 0 Å². The highest BCUT2D eigenvalue weighted by molar-refractivity contribution is 6.03. The minimum absolute atomic E-state index is 0.0954. The number of anilines is 1. The maximum atomic E-state index is 12.9. The van der Waals surface area contributed by atoms with Crippen molar-refractivity contribution in [1.82, 2.24) is 4.90 Å². The lowest BCUT2D eigenvalue weighted by Crippen LogP contribution is -2.38. The molecule has 1 saturated heterocycles. The molecule has 3 rings (SSSR count). The van der Waals surface area contributed by atoms with Crippen molar-refractivity contribution in [3.63, 3.8) is 0 Å². The normalized spacial score (nSPS) is 15.8. The fourth-order valence-corrected chi connectivity index (χ4v) is 3.06. The van der Waals surface area contributed by atoms with E-state index in [1.807, 2.05) is 53.4 Å². The Labute approximate surface area is 131 Å². The van der Waals surface area contributed by atoms with E-state index in [2.05, 4.69) is 6.92 Å². The first-order valence-electron chi connectivity index (χ1n) is 7.90. The van der Waals surface area contributed by atoms with Crippen LogP contribution in [0, 0.1) is 5.92 Å². The molecule has 3 heteroatoms. The van der Waals surface area contributed by atoms with Gasteiger partial charge in [0.05, 0.1) is 0 Å². The molecule has 1 heterocycles. The lowest BCUT2D eigenvalue weighted by molar-refractivity contribution is 0.0698. The zero-order valence-corrected chi connectivity index (χ0v) is 13.0. The fourth-order valence-electron chi connectivity index (χ4n) is 3.06. The number of rotatable bonds is 2. The minimum Gasteiger partial charge on any atom is -0.398 e. The van der Waals surface area contributed by atoms with E-state index in [0.717, 1.165) is 37.1 Å². The van der Waals surface area contributed by atoms with Gasteiger partial charge in [-0.25, -0.2) is 0 Å². The molecule has 3 nitrogen and oxygen atoms in total. The summed E-state index contributed by atoms with van der Waals surface area (Å²) >= 11 is 0. The summed E-state index contributed by atoms with van der Waals surface area (Å²) in [5, 5.41) is 0. The number of hydrogen-bond donors (Lipinski definition) is 1. The first-order valence-corrected chi connectivity index (χ1v) is 7.90. The molecule has 0 aliphatic carbocycles. The predicted molar refractivity (Wildman–Crippen MR) is 90.6 cm³/mol. The summed E-state index contributed by atoms with van der Waals surface area (Å²) < 4.78 is 0. The number of nitrogens with zero attached hydrogens (tertiary/aromatic N) is 1. The highest BCUT2D eigenvalue weighted by Gasteiger charge is 2.24. The molecule has 1 fully saturated rings. The van der Waals surface area contributed by atoms with Gasteiger partial charge in [-0.1, -0.05) is 43.3 Å². The Morgan fingerprint density at radius 2 is 1.73 bits per heavy atom. The first-order chi connectivity index (χ1) is 10.7. The zero-order valence-electron chi connectivity index (χ0n) is 13.0. The molecule has 114 valence electrons. The van der Waals surface area contributed by atoms with Crippen molar-refractivity contribution < 1.29 is 4.79 Å². The van der Waals surface area contributed by atoms with Crippen molar-refractivity contribution in [2.75, 3.05) is 18.8 Å². The van der Waals surface area contributed by atoms with Crippen molar-refractivity contribution >= 4 is 11.6 Å². The maximum absolute atomic E-state index is 12.9. The maximum Gasteiger partial charge on any atom is 0.254 e. The number of benzene rings is 2. The van der Waals surface area contributed by atoms with E-state index in [1.54, 1.807) is 0 Å². The van der Waals surface area contributed by atoms with Crippen LogP contribution in [0.2, 0.25) is 0 Å². The molecule has 0 aromatic heterocycles. The molecule has 0 radical (unpaired) electrons. The van der Waals surface area contributed by atoms with Crippen LogP contribution in [0.25, 0.3) is 11.1 Å². The molecule has 0 atom stereocenters. The van der Waals surface area contributed by atoms with Crippen LogP contribution in [0.4, 0.5) is 5.69 Å². The number of piperidine rings is 1. The summed E-state index contributed by atoms with van der Waals surface area (Å²) in [5.74, 6) is 0.802. The van der Waals surface area contributed by atoms with Crippen LogP contribution in [-0.2, 0) is 0 Å². The quantitative estimate of drug-likeness (QED) is 0.856. The summed E-state index contributed by atoms with van der Waals surface area (Å²) in [7, 11) is 0. The molecular formula is C19H22N2O. The number of amides is 1. The van der Waals surface area contributed by atoms with Gasteiger partial charge in [-0.05, 0) is 36.5 Å². The van der Waals surface area contributed by atoms with Gasteiger partial charge in [0, 0.05) is 29.9 Å². The lowest BCUT2D eigenvalue weighted by Gasteiger charge is -2.31. The fraction of sp³-hybridized carbons (Fsp3) is 0.316. The Kier molecular flexibility index (Phi) is 4.14. The van der Waals surface area contributed by atoms with Crippen LogP contribution in [-0.4, -0.2) is 23.9 Å². The van der Waals surface area contributed by atoms with Gasteiger partial charge in [0.15, 0.2) is 0 Å². The van der Waals surface area contributed by atoms with Crippen LogP contribution in [0.15, 0.2) is 48.5 Å². The van der Waals surface area contributed by atoms with E-state index in [4.69, 9.17) is 5.73 Å². The molecule has 1 amide bonds.